The average Bonchev–Trinajstić information content (AvgIpc) is 3.33. The predicted molar refractivity (Wildman–Crippen MR) is 80.7 cm³/mol. The molecule has 1 unspecified atom stereocenters. The van der Waals surface area contributed by atoms with Crippen molar-refractivity contribution in [1.82, 2.24) is 14.1 Å². The van der Waals surface area contributed by atoms with Crippen molar-refractivity contribution in [2.75, 3.05) is 39.3 Å². The Morgan fingerprint density at radius 2 is 1.62 bits per heavy atom. The number of rotatable bonds is 4. The molecule has 0 bridgehead atoms. The summed E-state index contributed by atoms with van der Waals surface area (Å²) in [7, 11) is -3.23. The summed E-state index contributed by atoms with van der Waals surface area (Å²) < 4.78 is 63.6. The lowest BCUT2D eigenvalue weighted by Gasteiger charge is -2.42. The average molecular weight is 369 g/mol. The number of halogens is 3. The van der Waals surface area contributed by atoms with Crippen LogP contribution in [0.5, 0.6) is 0 Å². The standard InChI is InChI=1S/C14H22F3N3O3S/c15-14(16,17)10-19-5-1-2-12(13(19)21)18-6-8-20(9-7-18)24(22,23)11-3-4-11/h11-12H,1-10H2. The first kappa shape index (κ1) is 17.9. The molecule has 138 valence electrons. The van der Waals surface area contributed by atoms with Gasteiger partial charge in [-0.15, -0.1) is 0 Å². The molecule has 24 heavy (non-hydrogen) atoms. The minimum Gasteiger partial charge on any atom is -0.332 e. The number of piperidine rings is 1. The normalized spacial score (nSPS) is 28.4. The van der Waals surface area contributed by atoms with E-state index in [0.717, 1.165) is 4.90 Å². The quantitative estimate of drug-likeness (QED) is 0.730. The minimum absolute atomic E-state index is 0.130. The number of sulfonamides is 1. The Hall–Kier alpha value is -0.870. The minimum atomic E-state index is -4.39. The van der Waals surface area contributed by atoms with Crippen LogP contribution in [-0.4, -0.2) is 85.2 Å². The van der Waals surface area contributed by atoms with Crippen molar-refractivity contribution >= 4 is 15.9 Å². The molecule has 1 atom stereocenters. The highest BCUT2D eigenvalue weighted by molar-refractivity contribution is 7.90. The van der Waals surface area contributed by atoms with Crippen molar-refractivity contribution < 1.29 is 26.4 Å². The summed E-state index contributed by atoms with van der Waals surface area (Å²) in [5, 5.41) is -0.261. The Morgan fingerprint density at radius 3 is 2.17 bits per heavy atom. The number of likely N-dealkylation sites (tertiary alicyclic amines) is 1. The van der Waals surface area contributed by atoms with Gasteiger partial charge in [0.05, 0.1) is 11.3 Å². The topological polar surface area (TPSA) is 60.9 Å². The van der Waals surface area contributed by atoms with E-state index < -0.39 is 34.7 Å². The summed E-state index contributed by atoms with van der Waals surface area (Å²) in [6.07, 6.45) is -1.92. The van der Waals surface area contributed by atoms with Crippen molar-refractivity contribution in [3.63, 3.8) is 0 Å². The maximum Gasteiger partial charge on any atom is 0.406 e. The molecule has 0 spiro atoms. The van der Waals surface area contributed by atoms with Gasteiger partial charge in [0.1, 0.15) is 6.54 Å². The van der Waals surface area contributed by atoms with Crippen LogP contribution < -0.4 is 0 Å². The lowest BCUT2D eigenvalue weighted by Crippen LogP contribution is -2.59. The molecule has 10 heteroatoms. The zero-order chi connectivity index (χ0) is 17.5. The first-order chi connectivity index (χ1) is 11.2. The van der Waals surface area contributed by atoms with E-state index in [-0.39, 0.29) is 11.8 Å². The van der Waals surface area contributed by atoms with Gasteiger partial charge in [-0.2, -0.15) is 17.5 Å². The molecule has 2 aliphatic heterocycles. The molecule has 3 fully saturated rings. The van der Waals surface area contributed by atoms with Crippen molar-refractivity contribution in [3.8, 4) is 0 Å². The molecule has 0 aromatic heterocycles. The zero-order valence-electron chi connectivity index (χ0n) is 13.3. The van der Waals surface area contributed by atoms with Crippen LogP contribution >= 0.6 is 0 Å². The fourth-order valence-corrected chi connectivity index (χ4v) is 5.30. The summed E-state index contributed by atoms with van der Waals surface area (Å²) in [5.74, 6) is -0.489. The maximum absolute atomic E-state index is 12.6. The van der Waals surface area contributed by atoms with Gasteiger partial charge in [-0.05, 0) is 25.7 Å². The zero-order valence-corrected chi connectivity index (χ0v) is 14.2. The van der Waals surface area contributed by atoms with Gasteiger partial charge >= 0.3 is 6.18 Å². The van der Waals surface area contributed by atoms with Gasteiger partial charge in [-0.1, -0.05) is 0 Å². The molecule has 2 saturated heterocycles. The summed E-state index contributed by atoms with van der Waals surface area (Å²) in [6, 6.07) is -0.563. The van der Waals surface area contributed by atoms with Crippen LogP contribution in [0.15, 0.2) is 0 Å². The molecule has 3 aliphatic rings. The van der Waals surface area contributed by atoms with Crippen LogP contribution in [0.4, 0.5) is 13.2 Å². The van der Waals surface area contributed by atoms with E-state index in [4.69, 9.17) is 0 Å². The van der Waals surface area contributed by atoms with Crippen LogP contribution in [0.3, 0.4) is 0 Å². The number of alkyl halides is 3. The van der Waals surface area contributed by atoms with E-state index in [9.17, 15) is 26.4 Å². The lowest BCUT2D eigenvalue weighted by atomic mass is 10.0. The monoisotopic (exact) mass is 369 g/mol. The number of amides is 1. The molecule has 1 amide bonds. The van der Waals surface area contributed by atoms with Crippen molar-refractivity contribution in [3.05, 3.63) is 0 Å². The van der Waals surface area contributed by atoms with Crippen LogP contribution in [0.25, 0.3) is 0 Å². The molecule has 0 aromatic rings. The highest BCUT2D eigenvalue weighted by Crippen LogP contribution is 2.32. The molecular formula is C14H22F3N3O3S. The second kappa shape index (κ2) is 6.45. The van der Waals surface area contributed by atoms with Gasteiger partial charge in [0.15, 0.2) is 0 Å². The highest BCUT2D eigenvalue weighted by atomic mass is 32.2. The van der Waals surface area contributed by atoms with E-state index in [1.165, 1.54) is 4.31 Å². The Kier molecular flexibility index (Phi) is 4.82. The predicted octanol–water partition coefficient (Wildman–Crippen LogP) is 0.649. The first-order valence-corrected chi connectivity index (χ1v) is 9.77. The molecule has 1 saturated carbocycles. The second-order valence-corrected chi connectivity index (χ2v) is 8.93. The summed E-state index contributed by atoms with van der Waals surface area (Å²) in [5.41, 5.74) is 0. The van der Waals surface area contributed by atoms with E-state index in [2.05, 4.69) is 0 Å². The molecule has 0 aromatic carbocycles. The number of nitrogens with zero attached hydrogens (tertiary/aromatic N) is 3. The lowest BCUT2D eigenvalue weighted by molar-refractivity contribution is -0.168. The highest BCUT2D eigenvalue weighted by Gasteiger charge is 2.43. The van der Waals surface area contributed by atoms with Gasteiger partial charge in [-0.25, -0.2) is 8.42 Å². The van der Waals surface area contributed by atoms with Gasteiger partial charge in [0, 0.05) is 32.7 Å². The second-order valence-electron chi connectivity index (χ2n) is 6.71. The molecule has 0 N–H and O–H groups in total. The fraction of sp³-hybridized carbons (Fsp3) is 0.929. The van der Waals surface area contributed by atoms with E-state index in [1.807, 2.05) is 4.90 Å². The van der Waals surface area contributed by atoms with E-state index in [1.54, 1.807) is 0 Å². The Balaban J connectivity index is 1.58. The van der Waals surface area contributed by atoms with Gasteiger partial charge in [0.25, 0.3) is 0 Å². The summed E-state index contributed by atoms with van der Waals surface area (Å²) in [6.45, 7) is 0.317. The number of hydrogen-bond acceptors (Lipinski definition) is 4. The number of carbonyl (C=O) groups is 1. The number of piperazine rings is 1. The van der Waals surface area contributed by atoms with E-state index in [0.29, 0.717) is 51.9 Å². The van der Waals surface area contributed by atoms with Crippen molar-refractivity contribution in [2.45, 2.75) is 43.2 Å². The molecule has 3 rings (SSSR count). The SMILES string of the molecule is O=C1C(N2CCN(S(=O)(=O)C3CC3)CC2)CCCN1CC(F)(F)F. The van der Waals surface area contributed by atoms with Crippen LogP contribution in [0.1, 0.15) is 25.7 Å². The Morgan fingerprint density at radius 1 is 1.00 bits per heavy atom. The largest absolute Gasteiger partial charge is 0.406 e. The smallest absolute Gasteiger partial charge is 0.332 e. The molecular weight excluding hydrogens is 347 g/mol. The van der Waals surface area contributed by atoms with Gasteiger partial charge in [0.2, 0.25) is 15.9 Å². The number of hydrogen-bond donors (Lipinski definition) is 0. The molecule has 6 nitrogen and oxygen atoms in total. The van der Waals surface area contributed by atoms with E-state index >= 15 is 0 Å². The molecule has 1 aliphatic carbocycles. The molecule has 2 heterocycles. The van der Waals surface area contributed by atoms with Crippen molar-refractivity contribution in [1.29, 1.82) is 0 Å². The summed E-state index contributed by atoms with van der Waals surface area (Å²) >= 11 is 0. The third-order valence-electron chi connectivity index (χ3n) is 4.89. The van der Waals surface area contributed by atoms with Crippen LogP contribution in [0.2, 0.25) is 0 Å². The van der Waals surface area contributed by atoms with Crippen LogP contribution in [0, 0.1) is 0 Å². The third kappa shape index (κ3) is 3.85. The Bertz CT molecular complexity index is 584. The van der Waals surface area contributed by atoms with Crippen LogP contribution in [-0.2, 0) is 14.8 Å². The van der Waals surface area contributed by atoms with Gasteiger partial charge in [-0.3, -0.25) is 9.69 Å². The number of carbonyl (C=O) groups excluding carboxylic acids is 1. The maximum atomic E-state index is 12.6. The van der Waals surface area contributed by atoms with Gasteiger partial charge < -0.3 is 4.90 Å². The fourth-order valence-electron chi connectivity index (χ4n) is 3.48. The first-order valence-electron chi connectivity index (χ1n) is 8.27. The Labute approximate surface area is 139 Å². The summed E-state index contributed by atoms with van der Waals surface area (Å²) in [4.78, 5) is 15.1. The molecule has 0 radical (unpaired) electrons. The van der Waals surface area contributed by atoms with Crippen molar-refractivity contribution in [2.24, 2.45) is 0 Å². The third-order valence-corrected chi connectivity index (χ3v) is 7.29.